The van der Waals surface area contributed by atoms with Crippen LogP contribution in [0.1, 0.15) is 24.8 Å². The molecule has 1 aromatic carbocycles. The van der Waals surface area contributed by atoms with Gasteiger partial charge < -0.3 is 5.73 Å². The maximum Gasteiger partial charge on any atom is 0.218 e. The number of piperidine rings is 1. The van der Waals surface area contributed by atoms with Crippen LogP contribution >= 0.6 is 0 Å². The standard InChI is InChI=1S/C12H18N2O2S/c13-12-7-3-2-6-11(12)10-17(15,16)14-8-4-1-5-9-14/h2-3,6-7H,1,4-5,8-10,13H2. The maximum absolute atomic E-state index is 12.2. The summed E-state index contributed by atoms with van der Waals surface area (Å²) in [5, 5.41) is 0. The van der Waals surface area contributed by atoms with Crippen LogP contribution in [0.2, 0.25) is 0 Å². The Morgan fingerprint density at radius 1 is 1.12 bits per heavy atom. The summed E-state index contributed by atoms with van der Waals surface area (Å²) >= 11 is 0. The number of nitrogens with zero attached hydrogens (tertiary/aromatic N) is 1. The van der Waals surface area contributed by atoms with E-state index in [4.69, 9.17) is 5.73 Å². The SMILES string of the molecule is Nc1ccccc1CS(=O)(=O)N1CCCCC1. The summed E-state index contributed by atoms with van der Waals surface area (Å²) in [4.78, 5) is 0. The molecule has 1 heterocycles. The first-order chi connectivity index (χ1) is 8.09. The lowest BCUT2D eigenvalue weighted by atomic mass is 10.2. The molecule has 0 radical (unpaired) electrons. The van der Waals surface area contributed by atoms with Gasteiger partial charge in [-0.25, -0.2) is 12.7 Å². The van der Waals surface area contributed by atoms with E-state index < -0.39 is 10.0 Å². The number of anilines is 1. The van der Waals surface area contributed by atoms with E-state index in [2.05, 4.69) is 0 Å². The lowest BCUT2D eigenvalue weighted by molar-refractivity contribution is 0.346. The van der Waals surface area contributed by atoms with E-state index in [0.29, 0.717) is 24.3 Å². The number of hydrogen-bond donors (Lipinski definition) is 1. The molecular weight excluding hydrogens is 236 g/mol. The van der Waals surface area contributed by atoms with Gasteiger partial charge in [0.15, 0.2) is 0 Å². The Bertz CT molecular complexity index is 479. The average molecular weight is 254 g/mol. The topological polar surface area (TPSA) is 63.4 Å². The Morgan fingerprint density at radius 2 is 1.76 bits per heavy atom. The zero-order chi connectivity index (χ0) is 12.3. The molecule has 2 rings (SSSR count). The predicted molar refractivity (Wildman–Crippen MR) is 68.9 cm³/mol. The van der Waals surface area contributed by atoms with Crippen molar-refractivity contribution in [2.75, 3.05) is 18.8 Å². The Morgan fingerprint density at radius 3 is 2.41 bits per heavy atom. The molecule has 4 nitrogen and oxygen atoms in total. The van der Waals surface area contributed by atoms with Crippen molar-refractivity contribution in [3.8, 4) is 0 Å². The van der Waals surface area contributed by atoms with Crippen LogP contribution < -0.4 is 5.73 Å². The van der Waals surface area contributed by atoms with E-state index >= 15 is 0 Å². The molecule has 0 aromatic heterocycles. The lowest BCUT2D eigenvalue weighted by Gasteiger charge is -2.26. The molecule has 17 heavy (non-hydrogen) atoms. The molecule has 0 unspecified atom stereocenters. The number of hydrogen-bond acceptors (Lipinski definition) is 3. The van der Waals surface area contributed by atoms with Gasteiger partial charge in [-0.1, -0.05) is 24.6 Å². The molecule has 5 heteroatoms. The zero-order valence-corrected chi connectivity index (χ0v) is 10.6. The van der Waals surface area contributed by atoms with Gasteiger partial charge in [0.25, 0.3) is 0 Å². The van der Waals surface area contributed by atoms with Crippen LogP contribution in [0, 0.1) is 0 Å². The third-order valence-corrected chi connectivity index (χ3v) is 4.93. The number of nitrogens with two attached hydrogens (primary N) is 1. The highest BCUT2D eigenvalue weighted by Gasteiger charge is 2.24. The van der Waals surface area contributed by atoms with Crippen molar-refractivity contribution < 1.29 is 8.42 Å². The zero-order valence-electron chi connectivity index (χ0n) is 9.80. The summed E-state index contributed by atoms with van der Waals surface area (Å²) < 4.78 is 25.9. The molecular formula is C12H18N2O2S. The predicted octanol–water partition coefficient (Wildman–Crippen LogP) is 1.58. The highest BCUT2D eigenvalue weighted by molar-refractivity contribution is 7.88. The summed E-state index contributed by atoms with van der Waals surface area (Å²) in [5.74, 6) is 0.0136. The molecule has 2 N–H and O–H groups in total. The highest BCUT2D eigenvalue weighted by Crippen LogP contribution is 2.19. The largest absolute Gasteiger partial charge is 0.398 e. The lowest BCUT2D eigenvalue weighted by Crippen LogP contribution is -2.36. The van der Waals surface area contributed by atoms with Crippen LogP contribution in [0.4, 0.5) is 5.69 Å². The molecule has 0 spiro atoms. The van der Waals surface area contributed by atoms with Crippen LogP contribution in [0.3, 0.4) is 0 Å². The Hall–Kier alpha value is -1.07. The van der Waals surface area contributed by atoms with Crippen LogP contribution in [0.5, 0.6) is 0 Å². The van der Waals surface area contributed by atoms with E-state index in [-0.39, 0.29) is 5.75 Å². The number of nitrogen functional groups attached to an aromatic ring is 1. The van der Waals surface area contributed by atoms with Crippen molar-refractivity contribution in [2.45, 2.75) is 25.0 Å². The molecule has 0 aliphatic carbocycles. The second-order valence-corrected chi connectivity index (χ2v) is 6.38. The van der Waals surface area contributed by atoms with Gasteiger partial charge in [0.2, 0.25) is 10.0 Å². The van der Waals surface area contributed by atoms with Gasteiger partial charge in [-0.3, -0.25) is 0 Å². The summed E-state index contributed by atoms with van der Waals surface area (Å²) in [6.45, 7) is 1.30. The fraction of sp³-hybridized carbons (Fsp3) is 0.500. The Kier molecular flexibility index (Phi) is 3.69. The minimum Gasteiger partial charge on any atom is -0.398 e. The molecule has 0 atom stereocenters. The van der Waals surface area contributed by atoms with Gasteiger partial charge >= 0.3 is 0 Å². The van der Waals surface area contributed by atoms with Crippen LogP contribution in [-0.2, 0) is 15.8 Å². The summed E-state index contributed by atoms with van der Waals surface area (Å²) in [7, 11) is -3.21. The minimum absolute atomic E-state index is 0.0136. The minimum atomic E-state index is -3.21. The van der Waals surface area contributed by atoms with Crippen LogP contribution in [0.15, 0.2) is 24.3 Å². The fourth-order valence-electron chi connectivity index (χ4n) is 2.10. The number of sulfonamides is 1. The van der Waals surface area contributed by atoms with Crippen molar-refractivity contribution in [3.63, 3.8) is 0 Å². The monoisotopic (exact) mass is 254 g/mol. The van der Waals surface area contributed by atoms with Gasteiger partial charge in [0.1, 0.15) is 0 Å². The molecule has 1 aliphatic heterocycles. The highest BCUT2D eigenvalue weighted by atomic mass is 32.2. The molecule has 94 valence electrons. The second kappa shape index (κ2) is 5.06. The number of rotatable bonds is 3. The van der Waals surface area contributed by atoms with Gasteiger partial charge in [-0.15, -0.1) is 0 Å². The smallest absolute Gasteiger partial charge is 0.218 e. The van der Waals surface area contributed by atoms with Crippen LogP contribution in [-0.4, -0.2) is 25.8 Å². The van der Waals surface area contributed by atoms with Gasteiger partial charge in [-0.2, -0.15) is 0 Å². The van der Waals surface area contributed by atoms with E-state index in [9.17, 15) is 8.42 Å². The Balaban J connectivity index is 2.14. The first kappa shape index (κ1) is 12.4. The molecule has 1 fully saturated rings. The first-order valence-corrected chi connectivity index (χ1v) is 7.52. The van der Waals surface area contributed by atoms with E-state index in [0.717, 1.165) is 19.3 Å². The third kappa shape index (κ3) is 2.98. The Labute approximate surface area is 102 Å². The van der Waals surface area contributed by atoms with Gasteiger partial charge in [-0.05, 0) is 24.5 Å². The van der Waals surface area contributed by atoms with Crippen molar-refractivity contribution in [1.82, 2.24) is 4.31 Å². The van der Waals surface area contributed by atoms with Gasteiger partial charge in [0.05, 0.1) is 5.75 Å². The molecule has 1 aliphatic rings. The number of benzene rings is 1. The normalized spacial score (nSPS) is 18.1. The average Bonchev–Trinajstić information content (AvgIpc) is 2.33. The maximum atomic E-state index is 12.2. The van der Waals surface area contributed by atoms with E-state index in [1.54, 1.807) is 16.4 Å². The summed E-state index contributed by atoms with van der Waals surface area (Å²) in [6, 6.07) is 7.14. The van der Waals surface area contributed by atoms with Crippen molar-refractivity contribution >= 4 is 15.7 Å². The fourth-order valence-corrected chi connectivity index (χ4v) is 3.75. The molecule has 1 aromatic rings. The van der Waals surface area contributed by atoms with E-state index in [1.807, 2.05) is 12.1 Å². The van der Waals surface area contributed by atoms with E-state index in [1.165, 1.54) is 0 Å². The van der Waals surface area contributed by atoms with Crippen LogP contribution in [0.25, 0.3) is 0 Å². The molecule has 0 bridgehead atoms. The quantitative estimate of drug-likeness (QED) is 0.833. The van der Waals surface area contributed by atoms with Crippen molar-refractivity contribution in [3.05, 3.63) is 29.8 Å². The first-order valence-electron chi connectivity index (χ1n) is 5.91. The summed E-state index contributed by atoms with van der Waals surface area (Å²) in [6.07, 6.45) is 3.05. The molecule has 1 saturated heterocycles. The summed E-state index contributed by atoms with van der Waals surface area (Å²) in [5.41, 5.74) is 7.02. The van der Waals surface area contributed by atoms with Crippen molar-refractivity contribution in [1.29, 1.82) is 0 Å². The van der Waals surface area contributed by atoms with Gasteiger partial charge in [0, 0.05) is 18.8 Å². The van der Waals surface area contributed by atoms with Crippen molar-refractivity contribution in [2.24, 2.45) is 0 Å². The number of para-hydroxylation sites is 1. The third-order valence-electron chi connectivity index (χ3n) is 3.10. The molecule has 0 amide bonds. The molecule has 0 saturated carbocycles. The second-order valence-electron chi connectivity index (χ2n) is 4.41.